The molecule has 1 atom stereocenters. The topological polar surface area (TPSA) is 83.9 Å². The van der Waals surface area contributed by atoms with Crippen molar-refractivity contribution >= 4 is 27.3 Å². The normalized spacial score (nSPS) is 16.5. The van der Waals surface area contributed by atoms with Gasteiger partial charge in [-0.1, -0.05) is 60.1 Å². The summed E-state index contributed by atoms with van der Waals surface area (Å²) in [4.78, 5) is 14.1. The maximum atomic E-state index is 13.5. The fourth-order valence-corrected chi connectivity index (χ4v) is 5.58. The SMILES string of the molecule is COc1ccccc1CN1C(=O)C(O)=C(S(=O)(=O)c2ccccc2)[C@H]1c1ccc(Cl)cc1. The van der Waals surface area contributed by atoms with Crippen molar-refractivity contribution in [2.24, 2.45) is 0 Å². The fourth-order valence-electron chi connectivity index (χ4n) is 3.79. The van der Waals surface area contributed by atoms with Gasteiger partial charge in [-0.3, -0.25) is 4.79 Å². The van der Waals surface area contributed by atoms with Gasteiger partial charge in [0.25, 0.3) is 5.91 Å². The average Bonchev–Trinajstić information content (AvgIpc) is 3.06. The Kier molecular flexibility index (Phi) is 5.95. The van der Waals surface area contributed by atoms with Gasteiger partial charge in [0.15, 0.2) is 5.76 Å². The molecule has 0 aliphatic carbocycles. The summed E-state index contributed by atoms with van der Waals surface area (Å²) >= 11 is 6.03. The van der Waals surface area contributed by atoms with E-state index < -0.39 is 27.5 Å². The van der Waals surface area contributed by atoms with Crippen molar-refractivity contribution in [1.29, 1.82) is 0 Å². The number of rotatable bonds is 6. The van der Waals surface area contributed by atoms with Gasteiger partial charge in [0.05, 0.1) is 24.6 Å². The second-order valence-electron chi connectivity index (χ2n) is 7.23. The van der Waals surface area contributed by atoms with Gasteiger partial charge >= 0.3 is 0 Å². The first kappa shape index (κ1) is 21.9. The molecule has 0 fully saturated rings. The van der Waals surface area contributed by atoms with Gasteiger partial charge in [0, 0.05) is 10.6 Å². The lowest BCUT2D eigenvalue weighted by Gasteiger charge is -2.27. The van der Waals surface area contributed by atoms with Crippen LogP contribution in [0.15, 0.2) is 94.4 Å². The van der Waals surface area contributed by atoms with Gasteiger partial charge in [-0.15, -0.1) is 0 Å². The predicted octanol–water partition coefficient (Wildman–Crippen LogP) is 4.68. The van der Waals surface area contributed by atoms with Crippen LogP contribution in [0.3, 0.4) is 0 Å². The lowest BCUT2D eigenvalue weighted by Crippen LogP contribution is -2.30. The van der Waals surface area contributed by atoms with Gasteiger partial charge < -0.3 is 14.7 Å². The van der Waals surface area contributed by atoms with Crippen LogP contribution in [-0.2, 0) is 21.2 Å². The van der Waals surface area contributed by atoms with E-state index in [-0.39, 0.29) is 16.3 Å². The van der Waals surface area contributed by atoms with Crippen molar-refractivity contribution < 1.29 is 23.1 Å². The highest BCUT2D eigenvalue weighted by Gasteiger charge is 2.47. The first-order chi connectivity index (χ1) is 15.3. The van der Waals surface area contributed by atoms with Crippen molar-refractivity contribution in [3.63, 3.8) is 0 Å². The molecule has 0 unspecified atom stereocenters. The number of halogens is 1. The van der Waals surface area contributed by atoms with Gasteiger partial charge in [0.1, 0.15) is 10.7 Å². The number of methoxy groups -OCH3 is 1. The first-order valence-corrected chi connectivity index (χ1v) is 11.6. The lowest BCUT2D eigenvalue weighted by molar-refractivity contribution is -0.130. The zero-order valence-corrected chi connectivity index (χ0v) is 18.7. The highest BCUT2D eigenvalue weighted by molar-refractivity contribution is 7.95. The zero-order valence-electron chi connectivity index (χ0n) is 17.1. The van der Waals surface area contributed by atoms with E-state index in [2.05, 4.69) is 0 Å². The molecular weight excluding hydrogens is 450 g/mol. The maximum Gasteiger partial charge on any atom is 0.290 e. The van der Waals surface area contributed by atoms with Crippen molar-refractivity contribution in [1.82, 2.24) is 4.90 Å². The number of aliphatic hydroxyl groups excluding tert-OH is 1. The zero-order chi connectivity index (χ0) is 22.9. The first-order valence-electron chi connectivity index (χ1n) is 9.76. The van der Waals surface area contributed by atoms with Gasteiger partial charge in [-0.25, -0.2) is 8.42 Å². The van der Waals surface area contributed by atoms with Crippen LogP contribution >= 0.6 is 11.6 Å². The van der Waals surface area contributed by atoms with E-state index in [9.17, 15) is 18.3 Å². The van der Waals surface area contributed by atoms with Crippen LogP contribution in [-0.4, -0.2) is 31.4 Å². The Balaban J connectivity index is 1.87. The van der Waals surface area contributed by atoms with Crippen LogP contribution in [0.4, 0.5) is 0 Å². The van der Waals surface area contributed by atoms with Crippen molar-refractivity contribution in [3.8, 4) is 5.75 Å². The Morgan fingerprint density at radius 1 is 0.969 bits per heavy atom. The minimum atomic E-state index is -4.17. The summed E-state index contributed by atoms with van der Waals surface area (Å²) in [5.41, 5.74) is 1.18. The Morgan fingerprint density at radius 3 is 2.25 bits per heavy atom. The number of aliphatic hydroxyl groups is 1. The number of hydrogen-bond acceptors (Lipinski definition) is 5. The Morgan fingerprint density at radius 2 is 1.59 bits per heavy atom. The second-order valence-corrected chi connectivity index (χ2v) is 9.58. The van der Waals surface area contributed by atoms with E-state index in [1.54, 1.807) is 66.7 Å². The van der Waals surface area contributed by atoms with Crippen molar-refractivity contribution in [2.45, 2.75) is 17.5 Å². The molecule has 6 nitrogen and oxygen atoms in total. The standard InChI is InChI=1S/C24H20ClNO5S/c1-31-20-10-6-5-7-17(20)15-26-21(16-11-13-18(25)14-12-16)23(22(27)24(26)28)32(29,30)19-8-3-2-4-9-19/h2-14,21,27H,15H2,1H3/t21-/m1/s1. The summed E-state index contributed by atoms with van der Waals surface area (Å²) in [6.07, 6.45) is 0. The predicted molar refractivity (Wildman–Crippen MR) is 121 cm³/mol. The summed E-state index contributed by atoms with van der Waals surface area (Å²) < 4.78 is 32.4. The number of benzene rings is 3. The molecule has 164 valence electrons. The number of ether oxygens (including phenoxy) is 1. The Bertz CT molecular complexity index is 1290. The van der Waals surface area contributed by atoms with Crippen LogP contribution in [0.5, 0.6) is 5.75 Å². The molecule has 3 aromatic carbocycles. The monoisotopic (exact) mass is 469 g/mol. The fraction of sp³-hybridized carbons (Fsp3) is 0.125. The van der Waals surface area contributed by atoms with E-state index in [0.29, 0.717) is 21.9 Å². The second kappa shape index (κ2) is 8.68. The molecule has 1 heterocycles. The number of carbonyl (C=O) groups excluding carboxylic acids is 1. The minimum absolute atomic E-state index is 0.00699. The molecule has 1 aliphatic rings. The molecule has 0 aromatic heterocycles. The van der Waals surface area contributed by atoms with Gasteiger partial charge in [0.2, 0.25) is 9.84 Å². The Labute approximate surface area is 191 Å². The molecule has 0 spiro atoms. The third kappa shape index (κ3) is 3.85. The molecule has 1 amide bonds. The lowest BCUT2D eigenvalue weighted by atomic mass is 10.1. The van der Waals surface area contributed by atoms with Gasteiger partial charge in [-0.2, -0.15) is 0 Å². The Hall–Kier alpha value is -3.29. The summed E-state index contributed by atoms with van der Waals surface area (Å²) in [6, 6.07) is 20.4. The van der Waals surface area contributed by atoms with E-state index in [0.717, 1.165) is 0 Å². The van der Waals surface area contributed by atoms with Crippen LogP contribution in [0.2, 0.25) is 5.02 Å². The number of carbonyl (C=O) groups is 1. The van der Waals surface area contributed by atoms with E-state index in [1.807, 2.05) is 0 Å². The third-order valence-corrected chi connectivity index (χ3v) is 7.46. The molecule has 3 aromatic rings. The van der Waals surface area contributed by atoms with Crippen LogP contribution in [0.25, 0.3) is 0 Å². The molecular formula is C24H20ClNO5S. The number of hydrogen-bond donors (Lipinski definition) is 1. The quantitative estimate of drug-likeness (QED) is 0.567. The summed E-state index contributed by atoms with van der Waals surface area (Å²) in [6.45, 7) is 0.0357. The summed E-state index contributed by atoms with van der Waals surface area (Å²) in [5, 5.41) is 11.2. The molecule has 1 aliphatic heterocycles. The van der Waals surface area contributed by atoms with Crippen LogP contribution < -0.4 is 4.74 Å². The van der Waals surface area contributed by atoms with Gasteiger partial charge in [-0.05, 0) is 35.9 Å². The molecule has 4 rings (SSSR count). The molecule has 0 saturated carbocycles. The van der Waals surface area contributed by atoms with E-state index in [1.165, 1.54) is 24.1 Å². The van der Waals surface area contributed by atoms with Crippen molar-refractivity contribution in [3.05, 3.63) is 106 Å². The summed E-state index contributed by atoms with van der Waals surface area (Å²) in [7, 11) is -2.65. The number of sulfone groups is 1. The highest BCUT2D eigenvalue weighted by atomic mass is 35.5. The largest absolute Gasteiger partial charge is 0.502 e. The van der Waals surface area contributed by atoms with E-state index >= 15 is 0 Å². The molecule has 8 heteroatoms. The van der Waals surface area contributed by atoms with E-state index in [4.69, 9.17) is 16.3 Å². The molecule has 0 radical (unpaired) electrons. The highest BCUT2D eigenvalue weighted by Crippen LogP contribution is 2.43. The smallest absolute Gasteiger partial charge is 0.290 e. The average molecular weight is 470 g/mol. The van der Waals surface area contributed by atoms with Crippen molar-refractivity contribution in [2.75, 3.05) is 7.11 Å². The third-order valence-electron chi connectivity index (χ3n) is 5.32. The number of nitrogens with zero attached hydrogens (tertiary/aromatic N) is 1. The molecule has 1 N–H and O–H groups in total. The minimum Gasteiger partial charge on any atom is -0.502 e. The maximum absolute atomic E-state index is 13.5. The number of para-hydroxylation sites is 1. The molecule has 32 heavy (non-hydrogen) atoms. The molecule has 0 saturated heterocycles. The van der Waals surface area contributed by atoms with Crippen LogP contribution in [0, 0.1) is 0 Å². The van der Waals surface area contributed by atoms with Crippen LogP contribution in [0.1, 0.15) is 17.2 Å². The molecule has 0 bridgehead atoms. The number of amides is 1. The summed E-state index contributed by atoms with van der Waals surface area (Å²) in [5.74, 6) is -1.01.